The van der Waals surface area contributed by atoms with Gasteiger partial charge in [0.05, 0.1) is 21.8 Å². The number of hydrogen-bond acceptors (Lipinski definition) is 7. The van der Waals surface area contributed by atoms with Crippen LogP contribution in [0.15, 0.2) is 66.2 Å². The summed E-state index contributed by atoms with van der Waals surface area (Å²) in [4.78, 5) is 33.2. The van der Waals surface area contributed by atoms with Gasteiger partial charge in [0.2, 0.25) is 0 Å². The number of hydrogen-bond donors (Lipinski definition) is 1. The molecule has 6 rings (SSSR count). The standard InChI is InChI=1S/C30H26N2O5S/c1-16(2)18-5-7-19(8-6-18)26-25(27(33)20-9-11-22-23(15-20)37-13-12-36-22)28(34)29(35)32(26)30-31-21-10-4-17(3)14-24(21)38-30/h4-11,14-16,26,33H,12-13H2,1-3H3/b27-25+. The molecule has 38 heavy (non-hydrogen) atoms. The minimum Gasteiger partial charge on any atom is -0.507 e. The molecule has 7 nitrogen and oxygen atoms in total. The van der Waals surface area contributed by atoms with Crippen LogP contribution < -0.4 is 14.4 Å². The van der Waals surface area contributed by atoms with Gasteiger partial charge in [-0.1, -0.05) is 55.5 Å². The van der Waals surface area contributed by atoms with Gasteiger partial charge in [0.1, 0.15) is 19.0 Å². The highest BCUT2D eigenvalue weighted by Gasteiger charge is 2.48. The van der Waals surface area contributed by atoms with E-state index in [1.165, 1.54) is 16.2 Å². The summed E-state index contributed by atoms with van der Waals surface area (Å²) in [5.41, 5.74) is 4.05. The van der Waals surface area contributed by atoms with Gasteiger partial charge < -0.3 is 14.6 Å². The van der Waals surface area contributed by atoms with Crippen molar-refractivity contribution in [2.75, 3.05) is 18.1 Å². The molecule has 8 heteroatoms. The number of carbonyl (C=O) groups is 2. The molecule has 1 saturated heterocycles. The molecule has 2 aliphatic rings. The second-order valence-corrected chi connectivity index (χ2v) is 10.8. The van der Waals surface area contributed by atoms with E-state index < -0.39 is 17.7 Å². The van der Waals surface area contributed by atoms with Crippen LogP contribution in [0, 0.1) is 6.92 Å². The quantitative estimate of drug-likeness (QED) is 0.196. The molecule has 192 valence electrons. The maximum Gasteiger partial charge on any atom is 0.301 e. The van der Waals surface area contributed by atoms with Crippen LogP contribution in [0.3, 0.4) is 0 Å². The summed E-state index contributed by atoms with van der Waals surface area (Å²) in [5.74, 6) is -0.380. The van der Waals surface area contributed by atoms with Gasteiger partial charge >= 0.3 is 5.91 Å². The fourth-order valence-corrected chi connectivity index (χ4v) is 5.97. The highest BCUT2D eigenvalue weighted by atomic mass is 32.1. The van der Waals surface area contributed by atoms with E-state index in [-0.39, 0.29) is 11.3 Å². The Morgan fingerprint density at radius 3 is 2.47 bits per heavy atom. The summed E-state index contributed by atoms with van der Waals surface area (Å²) in [5, 5.41) is 11.9. The van der Waals surface area contributed by atoms with Crippen LogP contribution in [0.1, 0.15) is 48.1 Å². The van der Waals surface area contributed by atoms with E-state index in [4.69, 9.17) is 14.5 Å². The molecule has 1 unspecified atom stereocenters. The van der Waals surface area contributed by atoms with Crippen molar-refractivity contribution in [2.24, 2.45) is 0 Å². The number of aliphatic hydroxyl groups is 1. The van der Waals surface area contributed by atoms with Gasteiger partial charge in [-0.25, -0.2) is 4.98 Å². The van der Waals surface area contributed by atoms with Gasteiger partial charge in [0, 0.05) is 5.56 Å². The first-order valence-corrected chi connectivity index (χ1v) is 13.3. The van der Waals surface area contributed by atoms with E-state index in [1.54, 1.807) is 18.2 Å². The van der Waals surface area contributed by atoms with Crippen LogP contribution in [0.5, 0.6) is 11.5 Å². The third-order valence-electron chi connectivity index (χ3n) is 6.92. The van der Waals surface area contributed by atoms with Gasteiger partial charge in [0.25, 0.3) is 5.78 Å². The highest BCUT2D eigenvalue weighted by Crippen LogP contribution is 2.45. The smallest absolute Gasteiger partial charge is 0.301 e. The zero-order valence-corrected chi connectivity index (χ0v) is 22.0. The summed E-state index contributed by atoms with van der Waals surface area (Å²) in [7, 11) is 0. The van der Waals surface area contributed by atoms with Crippen molar-refractivity contribution >= 4 is 44.1 Å². The van der Waals surface area contributed by atoms with E-state index in [2.05, 4.69) is 13.8 Å². The van der Waals surface area contributed by atoms with Crippen LogP contribution >= 0.6 is 11.3 Å². The predicted octanol–water partition coefficient (Wildman–Crippen LogP) is 6.13. The lowest BCUT2D eigenvalue weighted by atomic mass is 9.93. The molecule has 0 radical (unpaired) electrons. The molecule has 1 N–H and O–H groups in total. The van der Waals surface area contributed by atoms with Crippen LogP contribution in [0.25, 0.3) is 16.0 Å². The van der Waals surface area contributed by atoms with Gasteiger partial charge in [-0.05, 0) is 59.9 Å². The molecule has 1 amide bonds. The molecule has 1 fully saturated rings. The third kappa shape index (κ3) is 4.01. The summed E-state index contributed by atoms with van der Waals surface area (Å²) >= 11 is 1.35. The number of nitrogens with zero attached hydrogens (tertiary/aromatic N) is 2. The number of benzene rings is 3. The first-order chi connectivity index (χ1) is 18.3. The van der Waals surface area contributed by atoms with Crippen molar-refractivity contribution in [3.63, 3.8) is 0 Å². The van der Waals surface area contributed by atoms with Gasteiger partial charge in [-0.15, -0.1) is 0 Å². The van der Waals surface area contributed by atoms with Crippen molar-refractivity contribution in [3.05, 3.63) is 88.5 Å². The minimum atomic E-state index is -0.842. The van der Waals surface area contributed by atoms with Crippen LogP contribution in [-0.4, -0.2) is 35.0 Å². The average Bonchev–Trinajstić information content (AvgIpc) is 3.45. The Morgan fingerprint density at radius 2 is 1.74 bits per heavy atom. The lowest BCUT2D eigenvalue weighted by molar-refractivity contribution is -0.132. The number of Topliss-reactive ketones (excluding diaryl/α,β-unsaturated/α-hetero) is 1. The molecule has 0 saturated carbocycles. The number of fused-ring (bicyclic) bond motifs is 2. The Kier molecular flexibility index (Phi) is 5.91. The SMILES string of the molecule is Cc1ccc2nc(N3C(=O)C(=O)/C(=C(/O)c4ccc5c(c4)OCCO5)C3c3ccc(C(C)C)cc3)sc2c1. The van der Waals surface area contributed by atoms with E-state index in [9.17, 15) is 14.7 Å². The number of aliphatic hydroxyl groups excluding tert-OH is 1. The summed E-state index contributed by atoms with van der Waals surface area (Å²) in [6.45, 7) is 7.03. The molecular weight excluding hydrogens is 500 g/mol. The number of thiazole rings is 1. The van der Waals surface area contributed by atoms with Crippen LogP contribution in [0.4, 0.5) is 5.13 Å². The molecule has 3 aromatic carbocycles. The van der Waals surface area contributed by atoms with Crippen molar-refractivity contribution in [1.29, 1.82) is 0 Å². The fraction of sp³-hybridized carbons (Fsp3) is 0.233. The van der Waals surface area contributed by atoms with E-state index in [1.807, 2.05) is 49.4 Å². The lowest BCUT2D eigenvalue weighted by Gasteiger charge is -2.23. The number of aromatic nitrogens is 1. The number of anilines is 1. The second-order valence-electron chi connectivity index (χ2n) is 9.82. The zero-order valence-electron chi connectivity index (χ0n) is 21.2. The molecule has 1 atom stereocenters. The minimum absolute atomic E-state index is 0.0133. The van der Waals surface area contributed by atoms with Gasteiger partial charge in [0.15, 0.2) is 16.6 Å². The first-order valence-electron chi connectivity index (χ1n) is 12.5. The molecule has 0 aliphatic carbocycles. The summed E-state index contributed by atoms with van der Waals surface area (Å²) < 4.78 is 12.2. The van der Waals surface area contributed by atoms with Gasteiger partial charge in [-0.3, -0.25) is 14.5 Å². The zero-order chi connectivity index (χ0) is 26.6. The lowest BCUT2D eigenvalue weighted by Crippen LogP contribution is -2.29. The van der Waals surface area contributed by atoms with Crippen LogP contribution in [0.2, 0.25) is 0 Å². The number of carbonyl (C=O) groups excluding carboxylic acids is 2. The highest BCUT2D eigenvalue weighted by molar-refractivity contribution is 7.22. The largest absolute Gasteiger partial charge is 0.507 e. The third-order valence-corrected chi connectivity index (χ3v) is 7.94. The van der Waals surface area contributed by atoms with E-state index in [0.717, 1.165) is 21.3 Å². The molecule has 2 aliphatic heterocycles. The van der Waals surface area contributed by atoms with Crippen molar-refractivity contribution in [1.82, 2.24) is 4.98 Å². The Hall–Kier alpha value is -4.17. The topological polar surface area (TPSA) is 89.0 Å². The van der Waals surface area contributed by atoms with Crippen molar-refractivity contribution in [2.45, 2.75) is 32.7 Å². The number of ketones is 1. The maximum atomic E-state index is 13.5. The molecular formula is C30H26N2O5S. The maximum absolute atomic E-state index is 13.5. The Bertz CT molecular complexity index is 1620. The number of ether oxygens (including phenoxy) is 2. The fourth-order valence-electron chi connectivity index (χ4n) is 4.88. The van der Waals surface area contributed by atoms with E-state index >= 15 is 0 Å². The molecule has 0 spiro atoms. The molecule has 3 heterocycles. The van der Waals surface area contributed by atoms with Crippen molar-refractivity contribution < 1.29 is 24.2 Å². The molecule has 0 bridgehead atoms. The normalized spacial score (nSPS) is 18.5. The monoisotopic (exact) mass is 526 g/mol. The number of aryl methyl sites for hydroxylation is 1. The van der Waals surface area contributed by atoms with Crippen molar-refractivity contribution in [3.8, 4) is 11.5 Å². The average molecular weight is 527 g/mol. The molecule has 4 aromatic rings. The molecule has 1 aromatic heterocycles. The van der Waals surface area contributed by atoms with Crippen LogP contribution in [-0.2, 0) is 9.59 Å². The summed E-state index contributed by atoms with van der Waals surface area (Å²) in [6.07, 6.45) is 0. The van der Waals surface area contributed by atoms with E-state index in [0.29, 0.717) is 46.9 Å². The predicted molar refractivity (Wildman–Crippen MR) is 147 cm³/mol. The first kappa shape index (κ1) is 24.2. The Labute approximate surface area is 224 Å². The second kappa shape index (κ2) is 9.29. The number of amides is 1. The Balaban J connectivity index is 1.53. The number of rotatable bonds is 4. The van der Waals surface area contributed by atoms with Gasteiger partial charge in [-0.2, -0.15) is 0 Å². The Morgan fingerprint density at radius 1 is 1.00 bits per heavy atom. The summed E-state index contributed by atoms with van der Waals surface area (Å²) in [6, 6.07) is 17.8.